The van der Waals surface area contributed by atoms with E-state index in [1.807, 2.05) is 0 Å². The van der Waals surface area contributed by atoms with Gasteiger partial charge in [-0.05, 0) is 24.6 Å². The Balaban J connectivity index is 1.54. The summed E-state index contributed by atoms with van der Waals surface area (Å²) in [4.78, 5) is 9.90. The number of hydrogen-bond acceptors (Lipinski definition) is 2. The molecule has 3 heteroatoms. The van der Waals surface area contributed by atoms with Crippen molar-refractivity contribution in [3.8, 4) is 11.3 Å². The largest absolute Gasteiger partial charge is 0.333 e. The molecule has 0 N–H and O–H groups in total. The molecular formula is C25H19N3. The highest BCUT2D eigenvalue weighted by Gasteiger charge is 2.23. The summed E-state index contributed by atoms with van der Waals surface area (Å²) in [6, 6.07) is 25.7. The fraction of sp³-hybridized carbons (Fsp3) is 0.120. The molecule has 0 spiro atoms. The Morgan fingerprint density at radius 3 is 2.18 bits per heavy atom. The van der Waals surface area contributed by atoms with Crippen LogP contribution in [0.5, 0.6) is 0 Å². The van der Waals surface area contributed by atoms with Gasteiger partial charge < -0.3 is 4.57 Å². The lowest BCUT2D eigenvalue weighted by atomic mass is 10.1. The average molecular weight is 361 g/mol. The van der Waals surface area contributed by atoms with Gasteiger partial charge in [0.05, 0.1) is 12.2 Å². The molecule has 0 saturated carbocycles. The number of benzene rings is 3. The predicted octanol–water partition coefficient (Wildman–Crippen LogP) is 5.51. The summed E-state index contributed by atoms with van der Waals surface area (Å²) in [5, 5.41) is 2.56. The number of rotatable bonds is 2. The van der Waals surface area contributed by atoms with Crippen LogP contribution in [0.15, 0.2) is 72.8 Å². The van der Waals surface area contributed by atoms with E-state index in [0.717, 1.165) is 23.6 Å². The maximum atomic E-state index is 5.01. The summed E-state index contributed by atoms with van der Waals surface area (Å²) in [6.45, 7) is 2.78. The Morgan fingerprint density at radius 1 is 0.786 bits per heavy atom. The average Bonchev–Trinajstić information content (AvgIpc) is 3.26. The first-order valence-corrected chi connectivity index (χ1v) is 9.70. The summed E-state index contributed by atoms with van der Waals surface area (Å²) in [7, 11) is 0. The summed E-state index contributed by atoms with van der Waals surface area (Å²) in [6.07, 6.45) is 0.938. The normalized spacial score (nSPS) is 12.5. The van der Waals surface area contributed by atoms with Crippen molar-refractivity contribution < 1.29 is 0 Å². The van der Waals surface area contributed by atoms with Crippen LogP contribution in [-0.4, -0.2) is 14.5 Å². The third kappa shape index (κ3) is 2.16. The molecule has 3 nitrogen and oxygen atoms in total. The monoisotopic (exact) mass is 361 g/mol. The van der Waals surface area contributed by atoms with Crippen LogP contribution in [0.25, 0.3) is 33.1 Å². The minimum Gasteiger partial charge on any atom is -0.333 e. The van der Waals surface area contributed by atoms with Crippen molar-refractivity contribution in [3.05, 3.63) is 95.4 Å². The Hall–Kier alpha value is -3.46. The number of aryl methyl sites for hydroxylation is 1. The topological polar surface area (TPSA) is 30.7 Å². The molecule has 1 aliphatic rings. The zero-order chi connectivity index (χ0) is 18.7. The van der Waals surface area contributed by atoms with Crippen molar-refractivity contribution in [2.75, 3.05) is 0 Å². The van der Waals surface area contributed by atoms with Crippen LogP contribution in [0.2, 0.25) is 0 Å². The second kappa shape index (κ2) is 5.77. The second-order valence-electron chi connectivity index (χ2n) is 7.51. The minimum atomic E-state index is 0.671. The second-order valence-corrected chi connectivity index (χ2v) is 7.51. The van der Waals surface area contributed by atoms with Gasteiger partial charge in [-0.3, -0.25) is 0 Å². The van der Waals surface area contributed by atoms with Crippen LogP contribution in [-0.2, 0) is 13.0 Å². The van der Waals surface area contributed by atoms with E-state index in [-0.39, 0.29) is 0 Å². The number of nitrogens with zero attached hydrogens (tertiary/aromatic N) is 3. The third-order valence-corrected chi connectivity index (χ3v) is 5.88. The minimum absolute atomic E-state index is 0.671. The standard InChI is InChI=1S/C25H19N3/c1-16-21-14-17-8-2-3-9-18(17)25(21)27-24(26-16)15-28-22-12-6-4-10-19(22)20-11-5-7-13-23(20)28/h2-13H,14-15H2,1H3. The first kappa shape index (κ1) is 15.6. The highest BCUT2D eigenvalue weighted by Crippen LogP contribution is 2.36. The van der Waals surface area contributed by atoms with Crippen LogP contribution in [0.4, 0.5) is 0 Å². The highest BCUT2D eigenvalue weighted by atomic mass is 15.0. The molecule has 0 unspecified atom stereocenters. The molecule has 0 bridgehead atoms. The van der Waals surface area contributed by atoms with Crippen LogP contribution < -0.4 is 0 Å². The first-order valence-electron chi connectivity index (χ1n) is 9.70. The van der Waals surface area contributed by atoms with E-state index < -0.39 is 0 Å². The Bertz CT molecular complexity index is 1320. The van der Waals surface area contributed by atoms with Gasteiger partial charge in [0.15, 0.2) is 0 Å². The quantitative estimate of drug-likeness (QED) is 0.407. The number of para-hydroxylation sites is 2. The molecule has 2 aromatic heterocycles. The fourth-order valence-corrected chi connectivity index (χ4v) is 4.57. The van der Waals surface area contributed by atoms with E-state index in [1.165, 1.54) is 38.5 Å². The molecule has 6 rings (SSSR count). The number of aromatic nitrogens is 3. The van der Waals surface area contributed by atoms with Crippen LogP contribution in [0.3, 0.4) is 0 Å². The maximum absolute atomic E-state index is 5.01. The Kier molecular flexibility index (Phi) is 3.21. The van der Waals surface area contributed by atoms with E-state index in [1.54, 1.807) is 0 Å². The SMILES string of the molecule is Cc1nc(Cn2c3ccccc3c3ccccc32)nc2c1Cc1ccccc1-2. The molecule has 0 atom stereocenters. The molecule has 134 valence electrons. The van der Waals surface area contributed by atoms with Crippen molar-refractivity contribution in [1.29, 1.82) is 0 Å². The van der Waals surface area contributed by atoms with Gasteiger partial charge in [0.25, 0.3) is 0 Å². The lowest BCUT2D eigenvalue weighted by Gasteiger charge is -2.10. The molecule has 1 aliphatic carbocycles. The molecule has 3 aromatic carbocycles. The molecule has 0 radical (unpaired) electrons. The lowest BCUT2D eigenvalue weighted by molar-refractivity contribution is 0.785. The molecule has 0 saturated heterocycles. The summed E-state index contributed by atoms with van der Waals surface area (Å²) in [5.74, 6) is 0.874. The zero-order valence-corrected chi connectivity index (χ0v) is 15.7. The lowest BCUT2D eigenvalue weighted by Crippen LogP contribution is -2.07. The molecular weight excluding hydrogens is 342 g/mol. The van der Waals surface area contributed by atoms with E-state index in [0.29, 0.717) is 6.54 Å². The summed E-state index contributed by atoms with van der Waals surface area (Å²) >= 11 is 0. The Morgan fingerprint density at radius 2 is 1.43 bits per heavy atom. The summed E-state index contributed by atoms with van der Waals surface area (Å²) in [5.41, 5.74) is 8.54. The van der Waals surface area contributed by atoms with Gasteiger partial charge in [-0.2, -0.15) is 0 Å². The van der Waals surface area contributed by atoms with Gasteiger partial charge in [-0.25, -0.2) is 9.97 Å². The van der Waals surface area contributed by atoms with E-state index in [2.05, 4.69) is 84.3 Å². The van der Waals surface area contributed by atoms with Crippen LogP contribution in [0, 0.1) is 6.92 Å². The zero-order valence-electron chi connectivity index (χ0n) is 15.7. The maximum Gasteiger partial charge on any atom is 0.148 e. The van der Waals surface area contributed by atoms with Crippen LogP contribution in [0.1, 0.15) is 22.6 Å². The van der Waals surface area contributed by atoms with Crippen molar-refractivity contribution in [3.63, 3.8) is 0 Å². The predicted molar refractivity (Wildman–Crippen MR) is 114 cm³/mol. The van der Waals surface area contributed by atoms with Crippen molar-refractivity contribution in [2.24, 2.45) is 0 Å². The molecule has 0 aliphatic heterocycles. The smallest absolute Gasteiger partial charge is 0.148 e. The molecule has 28 heavy (non-hydrogen) atoms. The van der Waals surface area contributed by atoms with Crippen molar-refractivity contribution in [2.45, 2.75) is 19.9 Å². The molecule has 5 aromatic rings. The summed E-state index contributed by atoms with van der Waals surface area (Å²) < 4.78 is 2.34. The number of hydrogen-bond donors (Lipinski definition) is 0. The molecule has 0 amide bonds. The third-order valence-electron chi connectivity index (χ3n) is 5.88. The van der Waals surface area contributed by atoms with E-state index in [4.69, 9.17) is 9.97 Å². The highest BCUT2D eigenvalue weighted by molar-refractivity contribution is 6.08. The number of fused-ring (bicyclic) bond motifs is 6. The van der Waals surface area contributed by atoms with Gasteiger partial charge >= 0.3 is 0 Å². The molecule has 2 heterocycles. The van der Waals surface area contributed by atoms with E-state index >= 15 is 0 Å². The first-order chi connectivity index (χ1) is 13.8. The van der Waals surface area contributed by atoms with Gasteiger partial charge in [-0.15, -0.1) is 0 Å². The van der Waals surface area contributed by atoms with Gasteiger partial charge in [0, 0.05) is 45.0 Å². The van der Waals surface area contributed by atoms with Crippen molar-refractivity contribution >= 4 is 21.8 Å². The van der Waals surface area contributed by atoms with E-state index in [9.17, 15) is 0 Å². The van der Waals surface area contributed by atoms with Gasteiger partial charge in [0.2, 0.25) is 0 Å². The van der Waals surface area contributed by atoms with Gasteiger partial charge in [-0.1, -0.05) is 60.7 Å². The molecule has 0 fully saturated rings. The Labute approximate surface area is 163 Å². The van der Waals surface area contributed by atoms with Crippen LogP contribution >= 0.6 is 0 Å². The fourth-order valence-electron chi connectivity index (χ4n) is 4.57. The van der Waals surface area contributed by atoms with Gasteiger partial charge in [0.1, 0.15) is 5.82 Å². The van der Waals surface area contributed by atoms with Crippen molar-refractivity contribution in [1.82, 2.24) is 14.5 Å².